The van der Waals surface area contributed by atoms with Gasteiger partial charge in [-0.15, -0.1) is 0 Å². The standard InChI is InChI=1S/C17H22N4O3/c1-3-22-15(23-4-2)9-16(10-18,11-19)17(12-20,13-21)14-7-5-6-8-24-14/h14-15H,3-9H2,1-2H3. The Bertz CT molecular complexity index is 539. The van der Waals surface area contributed by atoms with Crippen LogP contribution in [-0.4, -0.2) is 32.2 Å². The van der Waals surface area contributed by atoms with Crippen molar-refractivity contribution in [2.45, 2.75) is 51.9 Å². The fourth-order valence-electron chi connectivity index (χ4n) is 2.96. The zero-order chi connectivity index (χ0) is 18.1. The van der Waals surface area contributed by atoms with Crippen molar-refractivity contribution in [2.24, 2.45) is 10.8 Å². The molecule has 7 heteroatoms. The van der Waals surface area contributed by atoms with Gasteiger partial charge < -0.3 is 14.2 Å². The molecular formula is C17H22N4O3. The van der Waals surface area contributed by atoms with E-state index < -0.39 is 23.2 Å². The topological polar surface area (TPSA) is 123 Å². The van der Waals surface area contributed by atoms with E-state index in [9.17, 15) is 21.0 Å². The summed E-state index contributed by atoms with van der Waals surface area (Å²) in [6.07, 6.45) is 0.246. The smallest absolute Gasteiger partial charge is 0.201 e. The minimum absolute atomic E-state index is 0.192. The van der Waals surface area contributed by atoms with E-state index in [0.717, 1.165) is 12.8 Å². The van der Waals surface area contributed by atoms with Crippen LogP contribution in [0.1, 0.15) is 39.5 Å². The molecule has 0 spiro atoms. The summed E-state index contributed by atoms with van der Waals surface area (Å²) in [5.74, 6) is 0. The number of nitrogens with zero attached hydrogens (tertiary/aromatic N) is 4. The Hall–Kier alpha value is -2.16. The third kappa shape index (κ3) is 3.66. The normalized spacial score (nSPS) is 18.2. The van der Waals surface area contributed by atoms with Crippen LogP contribution >= 0.6 is 0 Å². The third-order valence-electron chi connectivity index (χ3n) is 4.25. The highest BCUT2D eigenvalue weighted by molar-refractivity contribution is 5.36. The maximum Gasteiger partial charge on any atom is 0.201 e. The van der Waals surface area contributed by atoms with Gasteiger partial charge in [-0.3, -0.25) is 0 Å². The van der Waals surface area contributed by atoms with Crippen LogP contribution in [0.2, 0.25) is 0 Å². The van der Waals surface area contributed by atoms with Crippen LogP contribution in [0.15, 0.2) is 0 Å². The molecule has 0 aromatic rings. The summed E-state index contributed by atoms with van der Waals surface area (Å²) in [5.41, 5.74) is -3.81. The predicted octanol–water partition coefficient (Wildman–Crippen LogP) is 2.41. The zero-order valence-corrected chi connectivity index (χ0v) is 14.1. The lowest BCUT2D eigenvalue weighted by molar-refractivity contribution is -0.158. The SMILES string of the molecule is CCOC(CC(C#N)(C#N)C(C#N)(C#N)C1CCCCO1)OCC. The van der Waals surface area contributed by atoms with Crippen LogP contribution in [0, 0.1) is 56.2 Å². The molecule has 1 saturated heterocycles. The van der Waals surface area contributed by atoms with Gasteiger partial charge in [0, 0.05) is 26.2 Å². The van der Waals surface area contributed by atoms with Gasteiger partial charge in [-0.05, 0) is 33.1 Å². The number of hydrogen-bond donors (Lipinski definition) is 0. The van der Waals surface area contributed by atoms with Crippen molar-refractivity contribution in [1.82, 2.24) is 0 Å². The lowest BCUT2D eigenvalue weighted by atomic mass is 9.60. The first-order chi connectivity index (χ1) is 11.6. The maximum absolute atomic E-state index is 9.76. The summed E-state index contributed by atoms with van der Waals surface area (Å²) < 4.78 is 16.5. The molecule has 1 fully saturated rings. The fourth-order valence-corrected chi connectivity index (χ4v) is 2.96. The van der Waals surface area contributed by atoms with Crippen molar-refractivity contribution in [1.29, 1.82) is 21.0 Å². The summed E-state index contributed by atoms with van der Waals surface area (Å²) in [6.45, 7) is 4.58. The highest BCUT2D eigenvalue weighted by atomic mass is 16.7. The maximum atomic E-state index is 9.76. The van der Waals surface area contributed by atoms with Crippen LogP contribution in [0.3, 0.4) is 0 Å². The molecule has 1 unspecified atom stereocenters. The second kappa shape index (κ2) is 9.21. The van der Waals surface area contributed by atoms with Gasteiger partial charge in [-0.2, -0.15) is 21.0 Å². The number of rotatable bonds is 8. The summed E-state index contributed by atoms with van der Waals surface area (Å²) in [6, 6.07) is 7.66. The molecule has 0 saturated carbocycles. The minimum atomic E-state index is -1.91. The van der Waals surface area contributed by atoms with Crippen molar-refractivity contribution in [3.63, 3.8) is 0 Å². The molecule has 1 aliphatic heterocycles. The largest absolute Gasteiger partial charge is 0.375 e. The lowest BCUT2D eigenvalue weighted by Crippen LogP contribution is -2.51. The van der Waals surface area contributed by atoms with E-state index in [1.165, 1.54) is 0 Å². The molecule has 0 aliphatic carbocycles. The van der Waals surface area contributed by atoms with Crippen molar-refractivity contribution in [3.8, 4) is 24.3 Å². The van der Waals surface area contributed by atoms with Crippen LogP contribution < -0.4 is 0 Å². The van der Waals surface area contributed by atoms with E-state index in [2.05, 4.69) is 0 Å². The van der Waals surface area contributed by atoms with Gasteiger partial charge in [0.05, 0.1) is 30.4 Å². The summed E-state index contributed by atoms with van der Waals surface area (Å²) in [7, 11) is 0. The van der Waals surface area contributed by atoms with Crippen LogP contribution in [0.5, 0.6) is 0 Å². The average Bonchev–Trinajstić information content (AvgIpc) is 2.63. The van der Waals surface area contributed by atoms with Crippen molar-refractivity contribution >= 4 is 0 Å². The van der Waals surface area contributed by atoms with Crippen molar-refractivity contribution in [3.05, 3.63) is 0 Å². The van der Waals surface area contributed by atoms with E-state index in [1.54, 1.807) is 13.8 Å². The van der Waals surface area contributed by atoms with E-state index in [0.29, 0.717) is 26.2 Å². The zero-order valence-electron chi connectivity index (χ0n) is 14.1. The molecule has 24 heavy (non-hydrogen) atoms. The van der Waals surface area contributed by atoms with Gasteiger partial charge in [0.15, 0.2) is 11.7 Å². The Morgan fingerprint density at radius 3 is 1.96 bits per heavy atom. The molecule has 0 amide bonds. The molecule has 1 aliphatic rings. The third-order valence-corrected chi connectivity index (χ3v) is 4.25. The van der Waals surface area contributed by atoms with E-state index in [-0.39, 0.29) is 6.42 Å². The molecule has 1 heterocycles. The Morgan fingerprint density at radius 2 is 1.58 bits per heavy atom. The van der Waals surface area contributed by atoms with Crippen molar-refractivity contribution in [2.75, 3.05) is 19.8 Å². The highest BCUT2D eigenvalue weighted by Gasteiger charge is 2.61. The van der Waals surface area contributed by atoms with Crippen LogP contribution in [0.25, 0.3) is 0 Å². The van der Waals surface area contributed by atoms with Gasteiger partial charge in [0.2, 0.25) is 5.41 Å². The van der Waals surface area contributed by atoms with E-state index in [4.69, 9.17) is 14.2 Å². The van der Waals surface area contributed by atoms with Crippen molar-refractivity contribution < 1.29 is 14.2 Å². The predicted molar refractivity (Wildman–Crippen MR) is 82.6 cm³/mol. The molecule has 0 bridgehead atoms. The molecule has 7 nitrogen and oxygen atoms in total. The molecule has 128 valence electrons. The average molecular weight is 330 g/mol. The molecule has 0 N–H and O–H groups in total. The first kappa shape index (κ1) is 19.9. The van der Waals surface area contributed by atoms with Crippen LogP contribution in [0.4, 0.5) is 0 Å². The van der Waals surface area contributed by atoms with Crippen LogP contribution in [-0.2, 0) is 14.2 Å². The highest BCUT2D eigenvalue weighted by Crippen LogP contribution is 2.48. The Morgan fingerprint density at radius 1 is 1.00 bits per heavy atom. The fraction of sp³-hybridized carbons (Fsp3) is 0.765. The minimum Gasteiger partial charge on any atom is -0.375 e. The van der Waals surface area contributed by atoms with Gasteiger partial charge in [-0.25, -0.2) is 0 Å². The monoisotopic (exact) mass is 330 g/mol. The van der Waals surface area contributed by atoms with Gasteiger partial charge in [-0.1, -0.05) is 0 Å². The molecule has 0 aromatic heterocycles. The van der Waals surface area contributed by atoms with E-state index in [1.807, 2.05) is 24.3 Å². The first-order valence-corrected chi connectivity index (χ1v) is 8.09. The molecular weight excluding hydrogens is 308 g/mol. The lowest BCUT2D eigenvalue weighted by Gasteiger charge is -2.40. The van der Waals surface area contributed by atoms with Gasteiger partial charge in [0.25, 0.3) is 0 Å². The first-order valence-electron chi connectivity index (χ1n) is 8.09. The summed E-state index contributed by atoms with van der Waals surface area (Å²) in [4.78, 5) is 0. The summed E-state index contributed by atoms with van der Waals surface area (Å²) in [5, 5.41) is 39.0. The number of ether oxygens (including phenoxy) is 3. The Labute approximate surface area is 142 Å². The molecule has 1 rings (SSSR count). The molecule has 0 aromatic carbocycles. The van der Waals surface area contributed by atoms with Gasteiger partial charge >= 0.3 is 0 Å². The Kier molecular flexibility index (Phi) is 7.63. The number of nitriles is 4. The number of hydrogen-bond acceptors (Lipinski definition) is 7. The quantitative estimate of drug-likeness (QED) is 0.626. The second-order valence-electron chi connectivity index (χ2n) is 5.56. The Balaban J connectivity index is 3.31. The molecule has 0 radical (unpaired) electrons. The van der Waals surface area contributed by atoms with E-state index >= 15 is 0 Å². The second-order valence-corrected chi connectivity index (χ2v) is 5.56. The summed E-state index contributed by atoms with van der Waals surface area (Å²) >= 11 is 0. The molecule has 1 atom stereocenters. The van der Waals surface area contributed by atoms with Gasteiger partial charge in [0.1, 0.15) is 0 Å².